The molecule has 3 N–H and O–H groups in total. The highest BCUT2D eigenvalue weighted by molar-refractivity contribution is 6.03. The zero-order chi connectivity index (χ0) is 19.8. The number of hydrogen-bond donors (Lipinski definition) is 3. The summed E-state index contributed by atoms with van der Waals surface area (Å²) in [5.41, 5.74) is 3.29. The number of carbonyl (C=O) groups is 2. The fourth-order valence-electron chi connectivity index (χ4n) is 3.49. The summed E-state index contributed by atoms with van der Waals surface area (Å²) in [6.07, 6.45) is 3.65. The Hall–Kier alpha value is -2.66. The second-order valence-electron chi connectivity index (χ2n) is 7.49. The summed E-state index contributed by atoms with van der Waals surface area (Å²) in [6, 6.07) is 15.2. The number of aryl methyl sites for hydroxylation is 1. The summed E-state index contributed by atoms with van der Waals surface area (Å²) in [6.45, 7) is 4.57. The van der Waals surface area contributed by atoms with E-state index >= 15 is 0 Å². The first-order valence-electron chi connectivity index (χ1n) is 10.0. The molecular weight excluding hydrogens is 350 g/mol. The van der Waals surface area contributed by atoms with Gasteiger partial charge in [-0.1, -0.05) is 42.0 Å². The van der Waals surface area contributed by atoms with E-state index in [4.69, 9.17) is 0 Å². The van der Waals surface area contributed by atoms with Crippen molar-refractivity contribution in [2.45, 2.75) is 39.2 Å². The van der Waals surface area contributed by atoms with Crippen molar-refractivity contribution in [1.29, 1.82) is 0 Å². The maximum Gasteiger partial charge on any atom is 0.253 e. The third-order valence-electron chi connectivity index (χ3n) is 5.26. The van der Waals surface area contributed by atoms with Crippen LogP contribution in [0.25, 0.3) is 0 Å². The largest absolute Gasteiger partial charge is 0.348 e. The minimum absolute atomic E-state index is 0.0303. The third kappa shape index (κ3) is 5.92. The smallest absolute Gasteiger partial charge is 0.253 e. The van der Waals surface area contributed by atoms with Crippen LogP contribution in [0.15, 0.2) is 48.5 Å². The molecule has 0 atom stereocenters. The molecule has 1 heterocycles. The molecule has 2 aromatic rings. The van der Waals surface area contributed by atoms with E-state index in [1.807, 2.05) is 43.3 Å². The Morgan fingerprint density at radius 1 is 1.04 bits per heavy atom. The first-order chi connectivity index (χ1) is 13.6. The number of benzene rings is 2. The molecule has 0 saturated carbocycles. The molecule has 28 heavy (non-hydrogen) atoms. The van der Waals surface area contributed by atoms with E-state index in [9.17, 15) is 9.59 Å². The molecule has 2 aromatic carbocycles. The molecule has 1 saturated heterocycles. The van der Waals surface area contributed by atoms with Crippen molar-refractivity contribution in [3.63, 3.8) is 0 Å². The lowest BCUT2D eigenvalue weighted by molar-refractivity contribution is -0.116. The Kier molecular flexibility index (Phi) is 7.20. The van der Waals surface area contributed by atoms with Gasteiger partial charge in [-0.25, -0.2) is 0 Å². The van der Waals surface area contributed by atoms with Gasteiger partial charge in [-0.3, -0.25) is 9.59 Å². The number of nitrogens with one attached hydrogen (secondary N) is 3. The zero-order valence-corrected chi connectivity index (χ0v) is 16.5. The van der Waals surface area contributed by atoms with Gasteiger partial charge in [0.2, 0.25) is 5.91 Å². The van der Waals surface area contributed by atoms with Gasteiger partial charge >= 0.3 is 0 Å². The standard InChI is InChI=1S/C23H29N3O2/c1-17-6-8-19(9-7-17)16-25-23(28)20-4-2-3-5-21(20)26-22(27)11-10-18-12-14-24-15-13-18/h2-9,18,24H,10-16H2,1H3,(H,25,28)(H,26,27). The summed E-state index contributed by atoms with van der Waals surface area (Å²) in [7, 11) is 0. The lowest BCUT2D eigenvalue weighted by Gasteiger charge is -2.22. The molecule has 0 radical (unpaired) electrons. The Labute approximate surface area is 166 Å². The van der Waals surface area contributed by atoms with Gasteiger partial charge in [0.15, 0.2) is 0 Å². The van der Waals surface area contributed by atoms with Crippen LogP contribution in [0.4, 0.5) is 5.69 Å². The number of hydrogen-bond acceptors (Lipinski definition) is 3. The Bertz CT molecular complexity index is 796. The predicted octanol–water partition coefficient (Wildman–Crippen LogP) is 3.64. The van der Waals surface area contributed by atoms with Crippen molar-refractivity contribution in [2.75, 3.05) is 18.4 Å². The first-order valence-corrected chi connectivity index (χ1v) is 10.0. The van der Waals surface area contributed by atoms with Crippen LogP contribution in [0, 0.1) is 12.8 Å². The van der Waals surface area contributed by atoms with Crippen LogP contribution in [0.3, 0.4) is 0 Å². The minimum atomic E-state index is -0.185. The maximum absolute atomic E-state index is 12.6. The van der Waals surface area contributed by atoms with Gasteiger partial charge in [-0.15, -0.1) is 0 Å². The molecule has 0 aromatic heterocycles. The average molecular weight is 380 g/mol. The lowest BCUT2D eigenvalue weighted by atomic mass is 9.93. The fourth-order valence-corrected chi connectivity index (χ4v) is 3.49. The number of carbonyl (C=O) groups excluding carboxylic acids is 2. The molecule has 5 heteroatoms. The van der Waals surface area contributed by atoms with E-state index in [2.05, 4.69) is 16.0 Å². The van der Waals surface area contributed by atoms with Crippen molar-refractivity contribution in [1.82, 2.24) is 10.6 Å². The van der Waals surface area contributed by atoms with Crippen LogP contribution >= 0.6 is 0 Å². The number of anilines is 1. The first kappa shape index (κ1) is 20.1. The van der Waals surface area contributed by atoms with Crippen LogP contribution in [0.2, 0.25) is 0 Å². The number of rotatable bonds is 7. The number of para-hydroxylation sites is 1. The van der Waals surface area contributed by atoms with Gasteiger partial charge in [0.1, 0.15) is 0 Å². The summed E-state index contributed by atoms with van der Waals surface area (Å²) < 4.78 is 0. The van der Waals surface area contributed by atoms with Crippen molar-refractivity contribution in [3.8, 4) is 0 Å². The van der Waals surface area contributed by atoms with E-state index in [0.29, 0.717) is 30.1 Å². The highest BCUT2D eigenvalue weighted by Crippen LogP contribution is 2.20. The van der Waals surface area contributed by atoms with Crippen LogP contribution in [0.5, 0.6) is 0 Å². The van der Waals surface area contributed by atoms with Crippen molar-refractivity contribution in [2.24, 2.45) is 5.92 Å². The molecule has 0 bridgehead atoms. The van der Waals surface area contributed by atoms with Crippen molar-refractivity contribution < 1.29 is 9.59 Å². The normalized spacial score (nSPS) is 14.5. The molecule has 2 amide bonds. The van der Waals surface area contributed by atoms with E-state index in [-0.39, 0.29) is 11.8 Å². The van der Waals surface area contributed by atoms with Crippen LogP contribution in [0.1, 0.15) is 47.2 Å². The van der Waals surface area contributed by atoms with Crippen LogP contribution < -0.4 is 16.0 Å². The molecule has 1 fully saturated rings. The Balaban J connectivity index is 1.54. The fraction of sp³-hybridized carbons (Fsp3) is 0.391. The van der Waals surface area contributed by atoms with E-state index in [1.165, 1.54) is 5.56 Å². The molecule has 0 unspecified atom stereocenters. The van der Waals surface area contributed by atoms with Gasteiger partial charge in [-0.05, 0) is 62.9 Å². The van der Waals surface area contributed by atoms with Gasteiger partial charge < -0.3 is 16.0 Å². The highest BCUT2D eigenvalue weighted by atomic mass is 16.2. The monoisotopic (exact) mass is 379 g/mol. The minimum Gasteiger partial charge on any atom is -0.348 e. The van der Waals surface area contributed by atoms with E-state index in [1.54, 1.807) is 12.1 Å². The molecular formula is C23H29N3O2. The molecule has 1 aliphatic rings. The summed E-state index contributed by atoms with van der Waals surface area (Å²) >= 11 is 0. The summed E-state index contributed by atoms with van der Waals surface area (Å²) in [5, 5.41) is 9.20. The SMILES string of the molecule is Cc1ccc(CNC(=O)c2ccccc2NC(=O)CCC2CCNCC2)cc1. The topological polar surface area (TPSA) is 70.2 Å². The van der Waals surface area contributed by atoms with Gasteiger partial charge in [0.05, 0.1) is 11.3 Å². The van der Waals surface area contributed by atoms with Crippen molar-refractivity contribution in [3.05, 3.63) is 65.2 Å². The second-order valence-corrected chi connectivity index (χ2v) is 7.49. The van der Waals surface area contributed by atoms with E-state index < -0.39 is 0 Å². The molecule has 0 spiro atoms. The Morgan fingerprint density at radius 2 is 1.75 bits per heavy atom. The van der Waals surface area contributed by atoms with Gasteiger partial charge in [-0.2, -0.15) is 0 Å². The lowest BCUT2D eigenvalue weighted by Crippen LogP contribution is -2.28. The average Bonchev–Trinajstić information content (AvgIpc) is 2.73. The Morgan fingerprint density at radius 3 is 2.50 bits per heavy atom. The predicted molar refractivity (Wildman–Crippen MR) is 112 cm³/mol. The molecule has 1 aliphatic heterocycles. The number of amides is 2. The second kappa shape index (κ2) is 10.0. The van der Waals surface area contributed by atoms with Crippen LogP contribution in [-0.4, -0.2) is 24.9 Å². The molecule has 148 valence electrons. The van der Waals surface area contributed by atoms with Gasteiger partial charge in [0, 0.05) is 13.0 Å². The number of piperidine rings is 1. The third-order valence-corrected chi connectivity index (χ3v) is 5.26. The molecule has 3 rings (SSSR count). The summed E-state index contributed by atoms with van der Waals surface area (Å²) in [4.78, 5) is 25.0. The zero-order valence-electron chi connectivity index (χ0n) is 16.5. The molecule has 5 nitrogen and oxygen atoms in total. The maximum atomic E-state index is 12.6. The molecule has 0 aliphatic carbocycles. The highest BCUT2D eigenvalue weighted by Gasteiger charge is 2.16. The quantitative estimate of drug-likeness (QED) is 0.688. The van der Waals surface area contributed by atoms with E-state index in [0.717, 1.165) is 37.9 Å². The van der Waals surface area contributed by atoms with Gasteiger partial charge in [0.25, 0.3) is 5.91 Å². The summed E-state index contributed by atoms with van der Waals surface area (Å²) in [5.74, 6) is 0.396. The van der Waals surface area contributed by atoms with Crippen molar-refractivity contribution >= 4 is 17.5 Å². The van der Waals surface area contributed by atoms with Crippen LogP contribution in [-0.2, 0) is 11.3 Å².